The Bertz CT molecular complexity index is 973. The van der Waals surface area contributed by atoms with E-state index in [0.717, 1.165) is 22.6 Å². The molecule has 2 aromatic rings. The molecule has 2 amide bonds. The summed E-state index contributed by atoms with van der Waals surface area (Å²) in [5.74, 6) is -0.301. The first-order valence-corrected chi connectivity index (χ1v) is 10.7. The third-order valence-corrected chi connectivity index (χ3v) is 6.42. The predicted molar refractivity (Wildman–Crippen MR) is 113 cm³/mol. The van der Waals surface area contributed by atoms with Crippen molar-refractivity contribution >= 4 is 46.0 Å². The van der Waals surface area contributed by atoms with Crippen LogP contribution in [0.1, 0.15) is 17.7 Å². The summed E-state index contributed by atoms with van der Waals surface area (Å²) in [6.07, 6.45) is 1.76. The summed E-state index contributed by atoms with van der Waals surface area (Å²) in [5, 5.41) is 11.9. The summed E-state index contributed by atoms with van der Waals surface area (Å²) in [6.45, 7) is 1.27. The van der Waals surface area contributed by atoms with Gasteiger partial charge in [0, 0.05) is 29.6 Å². The first-order valence-electron chi connectivity index (χ1n) is 9.41. The molecule has 0 saturated carbocycles. The number of likely N-dealkylation sites (tertiary alicyclic amines) is 1. The molecule has 152 valence electrons. The largest absolute Gasteiger partial charge is 0.495 e. The number of aliphatic hydroxyl groups is 1. The van der Waals surface area contributed by atoms with Crippen LogP contribution in [-0.4, -0.2) is 48.6 Å². The second kappa shape index (κ2) is 8.18. The van der Waals surface area contributed by atoms with Crippen LogP contribution in [0.25, 0.3) is 5.57 Å². The fourth-order valence-electron chi connectivity index (χ4n) is 3.93. The molecule has 0 bridgehead atoms. The molecule has 0 spiro atoms. The first kappa shape index (κ1) is 19.9. The maximum atomic E-state index is 13.5. The number of piperidine rings is 1. The standard InChI is InChI=1S/C21H21ClN2O4S/c1-28-16-7-6-14(22)10-15(16)24-20(26)18(17-5-3-9-29-17)19(21(24)27)23-8-2-4-13(11-23)12-25/h3,5-7,9-10,13,25H,2,4,8,11-12H2,1H3. The van der Waals surface area contributed by atoms with E-state index in [2.05, 4.69) is 0 Å². The van der Waals surface area contributed by atoms with Crippen molar-refractivity contribution < 1.29 is 19.4 Å². The number of carbonyl (C=O) groups is 2. The Labute approximate surface area is 177 Å². The third kappa shape index (κ3) is 3.54. The molecule has 1 fully saturated rings. The minimum atomic E-state index is -0.391. The number of methoxy groups -OCH3 is 1. The van der Waals surface area contributed by atoms with Crippen molar-refractivity contribution in [3.05, 3.63) is 51.3 Å². The summed E-state index contributed by atoms with van der Waals surface area (Å²) in [7, 11) is 1.49. The zero-order valence-electron chi connectivity index (χ0n) is 15.9. The molecule has 3 heterocycles. The minimum absolute atomic E-state index is 0.0616. The lowest BCUT2D eigenvalue weighted by Crippen LogP contribution is -2.40. The highest BCUT2D eigenvalue weighted by atomic mass is 35.5. The number of ether oxygens (including phenoxy) is 1. The highest BCUT2D eigenvalue weighted by Gasteiger charge is 2.44. The van der Waals surface area contributed by atoms with Gasteiger partial charge in [-0.05, 0) is 48.4 Å². The summed E-state index contributed by atoms with van der Waals surface area (Å²) in [4.78, 5) is 30.9. The number of carbonyl (C=O) groups excluding carboxylic acids is 2. The van der Waals surface area contributed by atoms with E-state index in [1.54, 1.807) is 18.2 Å². The molecule has 1 unspecified atom stereocenters. The summed E-state index contributed by atoms with van der Waals surface area (Å²) >= 11 is 7.57. The average molecular weight is 433 g/mol. The molecule has 1 saturated heterocycles. The molecule has 1 atom stereocenters. The lowest BCUT2D eigenvalue weighted by molar-refractivity contribution is -0.120. The van der Waals surface area contributed by atoms with Crippen molar-refractivity contribution in [1.82, 2.24) is 4.90 Å². The van der Waals surface area contributed by atoms with Crippen molar-refractivity contribution in [3.63, 3.8) is 0 Å². The van der Waals surface area contributed by atoms with Crippen molar-refractivity contribution in [1.29, 1.82) is 0 Å². The SMILES string of the molecule is COc1ccc(Cl)cc1N1C(=O)C(c2cccs2)=C(N2CCCC(CO)C2)C1=O. The molecule has 0 aliphatic carbocycles. The van der Waals surface area contributed by atoms with Crippen LogP contribution in [0.5, 0.6) is 5.75 Å². The Morgan fingerprint density at radius 1 is 1.28 bits per heavy atom. The van der Waals surface area contributed by atoms with E-state index in [4.69, 9.17) is 16.3 Å². The van der Waals surface area contributed by atoms with Gasteiger partial charge in [0.25, 0.3) is 11.8 Å². The Morgan fingerprint density at radius 3 is 2.79 bits per heavy atom. The van der Waals surface area contributed by atoms with Gasteiger partial charge in [0.15, 0.2) is 0 Å². The summed E-state index contributed by atoms with van der Waals surface area (Å²) < 4.78 is 5.38. The number of halogens is 1. The van der Waals surface area contributed by atoms with E-state index in [9.17, 15) is 14.7 Å². The predicted octanol–water partition coefficient (Wildman–Crippen LogP) is 3.40. The van der Waals surface area contributed by atoms with E-state index in [1.807, 2.05) is 22.4 Å². The molecule has 0 radical (unpaired) electrons. The maximum absolute atomic E-state index is 13.5. The molecule has 1 aromatic heterocycles. The van der Waals surface area contributed by atoms with E-state index in [-0.39, 0.29) is 18.4 Å². The van der Waals surface area contributed by atoms with Gasteiger partial charge in [-0.1, -0.05) is 17.7 Å². The molecular formula is C21H21ClN2O4S. The van der Waals surface area contributed by atoms with Gasteiger partial charge >= 0.3 is 0 Å². The van der Waals surface area contributed by atoms with Crippen LogP contribution in [-0.2, 0) is 9.59 Å². The molecule has 8 heteroatoms. The van der Waals surface area contributed by atoms with Crippen LogP contribution < -0.4 is 9.64 Å². The lowest BCUT2D eigenvalue weighted by Gasteiger charge is -2.34. The number of amides is 2. The second-order valence-corrected chi connectivity index (χ2v) is 8.48. The smallest absolute Gasteiger partial charge is 0.282 e. The lowest BCUT2D eigenvalue weighted by atomic mass is 9.98. The Balaban J connectivity index is 1.82. The van der Waals surface area contributed by atoms with Crippen molar-refractivity contribution in [2.24, 2.45) is 5.92 Å². The highest BCUT2D eigenvalue weighted by Crippen LogP contribution is 2.41. The zero-order valence-corrected chi connectivity index (χ0v) is 17.5. The van der Waals surface area contributed by atoms with E-state index < -0.39 is 5.91 Å². The Kier molecular flexibility index (Phi) is 5.63. The summed E-state index contributed by atoms with van der Waals surface area (Å²) in [5.41, 5.74) is 1.11. The minimum Gasteiger partial charge on any atom is -0.495 e. The fourth-order valence-corrected chi connectivity index (χ4v) is 4.86. The number of benzene rings is 1. The Hall–Kier alpha value is -2.35. The van der Waals surface area contributed by atoms with Crippen molar-refractivity contribution in [3.8, 4) is 5.75 Å². The van der Waals surface area contributed by atoms with Gasteiger partial charge in [0.1, 0.15) is 11.4 Å². The molecule has 6 nitrogen and oxygen atoms in total. The Morgan fingerprint density at radius 2 is 2.10 bits per heavy atom. The summed E-state index contributed by atoms with van der Waals surface area (Å²) in [6, 6.07) is 8.57. The van der Waals surface area contributed by atoms with E-state index in [1.165, 1.54) is 18.4 Å². The number of nitrogens with zero attached hydrogens (tertiary/aromatic N) is 2. The first-order chi connectivity index (χ1) is 14.0. The zero-order chi connectivity index (χ0) is 20.5. The fraction of sp³-hybridized carbons (Fsp3) is 0.333. The van der Waals surface area contributed by atoms with E-state index >= 15 is 0 Å². The molecule has 2 aliphatic heterocycles. The number of imide groups is 1. The molecule has 29 heavy (non-hydrogen) atoms. The number of hydrogen-bond acceptors (Lipinski definition) is 6. The molecule has 2 aliphatic rings. The van der Waals surface area contributed by atoms with Gasteiger partial charge in [-0.25, -0.2) is 4.90 Å². The van der Waals surface area contributed by atoms with Crippen LogP contribution in [0.2, 0.25) is 5.02 Å². The van der Waals surface area contributed by atoms with Gasteiger partial charge in [-0.15, -0.1) is 11.3 Å². The molecule has 1 N–H and O–H groups in total. The number of anilines is 1. The number of aliphatic hydroxyl groups excluding tert-OH is 1. The molecule has 1 aromatic carbocycles. The number of rotatable bonds is 5. The van der Waals surface area contributed by atoms with Gasteiger partial charge in [-0.2, -0.15) is 0 Å². The number of thiophene rings is 1. The topological polar surface area (TPSA) is 70.1 Å². The van der Waals surface area contributed by atoms with Crippen LogP contribution >= 0.6 is 22.9 Å². The molecular weight excluding hydrogens is 412 g/mol. The normalized spacial score (nSPS) is 20.0. The van der Waals surface area contributed by atoms with E-state index in [0.29, 0.717) is 40.8 Å². The van der Waals surface area contributed by atoms with Crippen LogP contribution in [0.3, 0.4) is 0 Å². The van der Waals surface area contributed by atoms with Crippen molar-refractivity contribution in [2.45, 2.75) is 12.8 Å². The second-order valence-electron chi connectivity index (χ2n) is 7.10. The van der Waals surface area contributed by atoms with Gasteiger partial charge in [-0.3, -0.25) is 9.59 Å². The van der Waals surface area contributed by atoms with Gasteiger partial charge in [0.2, 0.25) is 0 Å². The van der Waals surface area contributed by atoms with Gasteiger partial charge in [0.05, 0.1) is 18.4 Å². The van der Waals surface area contributed by atoms with Gasteiger partial charge < -0.3 is 14.7 Å². The molecule has 4 rings (SSSR count). The van der Waals surface area contributed by atoms with Crippen LogP contribution in [0.15, 0.2) is 41.4 Å². The quantitative estimate of drug-likeness (QED) is 0.733. The van der Waals surface area contributed by atoms with Crippen LogP contribution in [0.4, 0.5) is 5.69 Å². The van der Waals surface area contributed by atoms with Crippen LogP contribution in [0, 0.1) is 5.92 Å². The third-order valence-electron chi connectivity index (χ3n) is 5.30. The monoisotopic (exact) mass is 432 g/mol. The van der Waals surface area contributed by atoms with Crippen molar-refractivity contribution in [2.75, 3.05) is 31.7 Å². The average Bonchev–Trinajstić information content (AvgIpc) is 3.34. The maximum Gasteiger partial charge on any atom is 0.282 e. The highest BCUT2D eigenvalue weighted by molar-refractivity contribution is 7.11. The number of hydrogen-bond donors (Lipinski definition) is 1.